The first-order valence-electron chi connectivity index (χ1n) is 10.8. The largest absolute Gasteiger partial charge is 0.494 e. The van der Waals surface area contributed by atoms with Crippen LogP contribution in [0.5, 0.6) is 5.75 Å². The molecule has 1 aliphatic rings. The summed E-state index contributed by atoms with van der Waals surface area (Å²) in [6.45, 7) is 1.91. The molecule has 9 heteroatoms. The van der Waals surface area contributed by atoms with Crippen LogP contribution >= 0.6 is 12.2 Å². The quantitative estimate of drug-likeness (QED) is 0.350. The monoisotopic (exact) mass is 490 g/mol. The van der Waals surface area contributed by atoms with E-state index < -0.39 is 11.9 Å². The number of hydrogen-bond donors (Lipinski definition) is 1. The number of anilines is 1. The van der Waals surface area contributed by atoms with E-state index in [1.54, 1.807) is 18.2 Å². The van der Waals surface area contributed by atoms with E-state index in [4.69, 9.17) is 21.5 Å². The highest BCUT2D eigenvalue weighted by Crippen LogP contribution is 2.39. The lowest BCUT2D eigenvalue weighted by atomic mass is 9.94. The second-order valence-corrected chi connectivity index (χ2v) is 8.26. The Morgan fingerprint density at radius 1 is 1.03 bits per heavy atom. The number of methoxy groups -OCH3 is 1. The zero-order valence-electron chi connectivity index (χ0n) is 18.8. The van der Waals surface area contributed by atoms with Crippen molar-refractivity contribution < 1.29 is 18.0 Å². The molecule has 0 bridgehead atoms. The van der Waals surface area contributed by atoms with Crippen LogP contribution in [0.3, 0.4) is 0 Å². The molecular formula is C26H20F2N4O2S. The van der Waals surface area contributed by atoms with Gasteiger partial charge in [0.1, 0.15) is 5.82 Å². The number of ether oxygens (including phenoxy) is 1. The van der Waals surface area contributed by atoms with E-state index in [1.807, 2.05) is 42.2 Å². The SMILES string of the molecule is COc1ccc(-c2noc(C3=C(C)N(c4ccccc4)C(=S)NC3c3ccc(F)cc3)n2)cc1F. The fourth-order valence-corrected chi connectivity index (χ4v) is 4.43. The molecule has 0 saturated heterocycles. The highest BCUT2D eigenvalue weighted by molar-refractivity contribution is 7.80. The standard InChI is InChI=1S/C26H20F2N4O2S/c1-15-22(25-30-24(31-34-25)17-10-13-21(33-2)20(28)14-17)23(16-8-11-18(27)12-9-16)29-26(35)32(15)19-6-4-3-5-7-19/h3-14,23H,1-2H3,(H,29,35). The summed E-state index contributed by atoms with van der Waals surface area (Å²) in [7, 11) is 1.40. The lowest BCUT2D eigenvalue weighted by Gasteiger charge is -2.37. The number of rotatable bonds is 5. The first-order valence-corrected chi connectivity index (χ1v) is 11.2. The number of nitrogens with one attached hydrogen (secondary N) is 1. The van der Waals surface area contributed by atoms with Gasteiger partial charge in [0.2, 0.25) is 5.82 Å². The van der Waals surface area contributed by atoms with Crippen molar-refractivity contribution >= 4 is 28.6 Å². The third-order valence-electron chi connectivity index (χ3n) is 5.77. The number of para-hydroxylation sites is 1. The Labute approximate surface area is 205 Å². The highest BCUT2D eigenvalue weighted by atomic mass is 32.1. The third-order valence-corrected chi connectivity index (χ3v) is 6.07. The summed E-state index contributed by atoms with van der Waals surface area (Å²) in [5.74, 6) is -0.299. The van der Waals surface area contributed by atoms with E-state index in [2.05, 4.69) is 15.5 Å². The number of allylic oxidation sites excluding steroid dienone is 1. The van der Waals surface area contributed by atoms with E-state index in [0.29, 0.717) is 16.2 Å². The van der Waals surface area contributed by atoms with Crippen molar-refractivity contribution in [3.8, 4) is 17.1 Å². The van der Waals surface area contributed by atoms with Crippen molar-refractivity contribution in [1.82, 2.24) is 15.5 Å². The summed E-state index contributed by atoms with van der Waals surface area (Å²) in [5.41, 5.74) is 3.50. The number of benzene rings is 3. The van der Waals surface area contributed by atoms with Gasteiger partial charge in [-0.05, 0) is 67.2 Å². The summed E-state index contributed by atoms with van der Waals surface area (Å²) in [6.07, 6.45) is 0. The van der Waals surface area contributed by atoms with Crippen molar-refractivity contribution in [2.75, 3.05) is 12.0 Å². The van der Waals surface area contributed by atoms with Crippen molar-refractivity contribution in [1.29, 1.82) is 0 Å². The molecule has 1 unspecified atom stereocenters. The summed E-state index contributed by atoms with van der Waals surface area (Å²) >= 11 is 5.70. The van der Waals surface area contributed by atoms with Gasteiger partial charge in [-0.15, -0.1) is 0 Å². The maximum Gasteiger partial charge on any atom is 0.258 e. The minimum Gasteiger partial charge on any atom is -0.494 e. The highest BCUT2D eigenvalue weighted by Gasteiger charge is 2.34. The van der Waals surface area contributed by atoms with Crippen LogP contribution in [0, 0.1) is 11.6 Å². The van der Waals surface area contributed by atoms with Crippen LogP contribution in [0.15, 0.2) is 83.0 Å². The van der Waals surface area contributed by atoms with E-state index in [9.17, 15) is 8.78 Å². The molecule has 0 amide bonds. The smallest absolute Gasteiger partial charge is 0.258 e. The lowest BCUT2D eigenvalue weighted by Crippen LogP contribution is -2.46. The molecule has 0 spiro atoms. The van der Waals surface area contributed by atoms with E-state index >= 15 is 0 Å². The van der Waals surface area contributed by atoms with Gasteiger partial charge in [-0.1, -0.05) is 35.5 Å². The summed E-state index contributed by atoms with van der Waals surface area (Å²) in [4.78, 5) is 6.45. The lowest BCUT2D eigenvalue weighted by molar-refractivity contribution is 0.386. The van der Waals surface area contributed by atoms with E-state index in [-0.39, 0.29) is 23.3 Å². The molecule has 1 aliphatic heterocycles. The third kappa shape index (κ3) is 4.26. The molecular weight excluding hydrogens is 470 g/mol. The summed E-state index contributed by atoms with van der Waals surface area (Å²) < 4.78 is 38.6. The molecule has 1 atom stereocenters. The Balaban J connectivity index is 1.63. The molecule has 5 rings (SSSR count). The maximum atomic E-state index is 14.3. The first-order chi connectivity index (χ1) is 17.0. The number of halogens is 2. The second kappa shape index (κ2) is 9.27. The van der Waals surface area contributed by atoms with Gasteiger partial charge in [-0.2, -0.15) is 4.98 Å². The average Bonchev–Trinajstić information content (AvgIpc) is 3.34. The van der Waals surface area contributed by atoms with Gasteiger partial charge in [-0.3, -0.25) is 4.90 Å². The second-order valence-electron chi connectivity index (χ2n) is 7.88. The minimum atomic E-state index is -0.532. The summed E-state index contributed by atoms with van der Waals surface area (Å²) in [6, 6.07) is 19.7. The van der Waals surface area contributed by atoms with Gasteiger partial charge >= 0.3 is 0 Å². The van der Waals surface area contributed by atoms with E-state index in [0.717, 1.165) is 16.9 Å². The van der Waals surface area contributed by atoms with Crippen LogP contribution < -0.4 is 15.0 Å². The van der Waals surface area contributed by atoms with Crippen LogP contribution in [0.4, 0.5) is 14.5 Å². The molecule has 0 fully saturated rings. The zero-order chi connectivity index (χ0) is 24.5. The Kier molecular flexibility index (Phi) is 6.00. The molecule has 35 heavy (non-hydrogen) atoms. The van der Waals surface area contributed by atoms with Crippen LogP contribution in [-0.2, 0) is 0 Å². The molecule has 3 aromatic carbocycles. The molecule has 4 aromatic rings. The van der Waals surface area contributed by atoms with Crippen LogP contribution in [0.25, 0.3) is 17.0 Å². The Morgan fingerprint density at radius 2 is 1.77 bits per heavy atom. The van der Waals surface area contributed by atoms with Gasteiger partial charge in [0.15, 0.2) is 16.7 Å². The molecule has 6 nitrogen and oxygen atoms in total. The van der Waals surface area contributed by atoms with Gasteiger partial charge in [-0.25, -0.2) is 8.78 Å². The number of hydrogen-bond acceptors (Lipinski definition) is 5. The molecule has 1 aromatic heterocycles. The van der Waals surface area contributed by atoms with Crippen molar-refractivity contribution in [2.24, 2.45) is 0 Å². The number of nitrogens with zero attached hydrogens (tertiary/aromatic N) is 3. The Hall–Kier alpha value is -4.11. The molecule has 2 heterocycles. The Morgan fingerprint density at radius 3 is 2.46 bits per heavy atom. The maximum absolute atomic E-state index is 14.3. The predicted molar refractivity (Wildman–Crippen MR) is 133 cm³/mol. The van der Waals surface area contributed by atoms with Crippen molar-refractivity contribution in [2.45, 2.75) is 13.0 Å². The average molecular weight is 491 g/mol. The topological polar surface area (TPSA) is 63.4 Å². The fourth-order valence-electron chi connectivity index (χ4n) is 4.07. The van der Waals surface area contributed by atoms with Gasteiger partial charge in [0, 0.05) is 16.9 Å². The van der Waals surface area contributed by atoms with Crippen LogP contribution in [-0.4, -0.2) is 22.4 Å². The molecule has 0 saturated carbocycles. The summed E-state index contributed by atoms with van der Waals surface area (Å²) in [5, 5.41) is 7.89. The molecule has 1 N–H and O–H groups in total. The van der Waals surface area contributed by atoms with Gasteiger partial charge in [0.25, 0.3) is 5.89 Å². The fraction of sp³-hybridized carbons (Fsp3) is 0.115. The van der Waals surface area contributed by atoms with Crippen LogP contribution in [0.2, 0.25) is 0 Å². The zero-order valence-corrected chi connectivity index (χ0v) is 19.6. The first kappa shape index (κ1) is 22.7. The molecule has 176 valence electrons. The Bertz CT molecular complexity index is 1420. The molecule has 0 aliphatic carbocycles. The predicted octanol–water partition coefficient (Wildman–Crippen LogP) is 5.89. The molecule has 0 radical (unpaired) electrons. The minimum absolute atomic E-state index is 0.121. The van der Waals surface area contributed by atoms with Gasteiger partial charge in [0.05, 0.1) is 18.7 Å². The van der Waals surface area contributed by atoms with Gasteiger partial charge < -0.3 is 14.6 Å². The normalized spacial score (nSPS) is 15.8. The van der Waals surface area contributed by atoms with E-state index in [1.165, 1.54) is 31.4 Å². The van der Waals surface area contributed by atoms with Crippen LogP contribution in [0.1, 0.15) is 24.4 Å². The number of aromatic nitrogens is 2. The van der Waals surface area contributed by atoms with Crippen molar-refractivity contribution in [3.05, 3.63) is 102 Å². The number of thiocarbonyl (C=S) groups is 1. The van der Waals surface area contributed by atoms with Crippen molar-refractivity contribution in [3.63, 3.8) is 0 Å².